The average Bonchev–Trinajstić information content (AvgIpc) is 2.74. The molecular weight excluding hydrogens is 416 g/mol. The van der Waals surface area contributed by atoms with Gasteiger partial charge in [-0.2, -0.15) is 4.98 Å². The third kappa shape index (κ3) is 4.28. The van der Waals surface area contributed by atoms with E-state index in [2.05, 4.69) is 15.3 Å². The molecule has 0 bridgehead atoms. The Bertz CT molecular complexity index is 1080. The third-order valence-electron chi connectivity index (χ3n) is 3.97. The fraction of sp³-hybridized carbons (Fsp3) is 0.158. The summed E-state index contributed by atoms with van der Waals surface area (Å²) in [5.74, 6) is 1.01. The summed E-state index contributed by atoms with van der Waals surface area (Å²) in [5, 5.41) is 14.9. The Kier molecular flexibility index (Phi) is 6.38. The van der Waals surface area contributed by atoms with Crippen LogP contribution in [0.1, 0.15) is 0 Å². The van der Waals surface area contributed by atoms with Gasteiger partial charge in [0.2, 0.25) is 5.82 Å². The number of nitro groups is 1. The molecule has 3 aromatic rings. The van der Waals surface area contributed by atoms with Gasteiger partial charge in [-0.05, 0) is 18.2 Å². The Labute approximate surface area is 176 Å². The SMILES string of the molecule is COc1cc(OC)c(Nc2ncnc(Oc3ccccc3OC)c2[N+](=O)[O-])cc1Cl. The monoisotopic (exact) mass is 432 g/mol. The molecule has 0 unspecified atom stereocenters. The van der Waals surface area contributed by atoms with Crippen molar-refractivity contribution >= 4 is 28.8 Å². The van der Waals surface area contributed by atoms with E-state index in [0.717, 1.165) is 6.33 Å². The molecule has 0 saturated heterocycles. The topological polar surface area (TPSA) is 118 Å². The molecule has 0 aliphatic rings. The van der Waals surface area contributed by atoms with Crippen LogP contribution in [0.5, 0.6) is 28.9 Å². The zero-order valence-corrected chi connectivity index (χ0v) is 17.0. The molecule has 1 N–H and O–H groups in total. The molecular formula is C19H17ClN4O6. The van der Waals surface area contributed by atoms with E-state index in [1.165, 1.54) is 27.4 Å². The molecule has 1 heterocycles. The number of rotatable bonds is 8. The molecule has 0 amide bonds. The van der Waals surface area contributed by atoms with Crippen LogP contribution in [0, 0.1) is 10.1 Å². The van der Waals surface area contributed by atoms with Crippen LogP contribution in [0.25, 0.3) is 0 Å². The Balaban J connectivity index is 2.04. The first-order chi connectivity index (χ1) is 14.5. The van der Waals surface area contributed by atoms with Gasteiger partial charge in [0.15, 0.2) is 11.5 Å². The van der Waals surface area contributed by atoms with Crippen molar-refractivity contribution in [2.24, 2.45) is 0 Å². The Morgan fingerprint density at radius 1 is 0.967 bits per heavy atom. The summed E-state index contributed by atoms with van der Waals surface area (Å²) in [4.78, 5) is 19.0. The lowest BCUT2D eigenvalue weighted by Crippen LogP contribution is -2.05. The average molecular weight is 433 g/mol. The summed E-state index contributed by atoms with van der Waals surface area (Å²) >= 11 is 6.17. The largest absolute Gasteiger partial charge is 0.495 e. The van der Waals surface area contributed by atoms with Crippen molar-refractivity contribution in [3.8, 4) is 28.9 Å². The van der Waals surface area contributed by atoms with Gasteiger partial charge in [0, 0.05) is 6.07 Å². The predicted octanol–water partition coefficient (Wildman–Crippen LogP) is 4.60. The first kappa shape index (κ1) is 20.9. The molecule has 0 aliphatic carbocycles. The molecule has 30 heavy (non-hydrogen) atoms. The molecule has 1 aromatic heterocycles. The summed E-state index contributed by atoms with van der Waals surface area (Å²) in [6.45, 7) is 0. The first-order valence-corrected chi connectivity index (χ1v) is 8.85. The van der Waals surface area contributed by atoms with E-state index in [-0.39, 0.29) is 22.5 Å². The van der Waals surface area contributed by atoms with Gasteiger partial charge in [-0.3, -0.25) is 10.1 Å². The van der Waals surface area contributed by atoms with Crippen LogP contribution in [0.3, 0.4) is 0 Å². The molecule has 156 valence electrons. The van der Waals surface area contributed by atoms with Crippen molar-refractivity contribution in [1.29, 1.82) is 0 Å². The van der Waals surface area contributed by atoms with Crippen molar-refractivity contribution in [3.05, 3.63) is 57.9 Å². The van der Waals surface area contributed by atoms with Gasteiger partial charge in [0.1, 0.15) is 17.8 Å². The number of benzene rings is 2. The number of hydrogen-bond acceptors (Lipinski definition) is 9. The summed E-state index contributed by atoms with van der Waals surface area (Å²) in [7, 11) is 4.37. The zero-order chi connectivity index (χ0) is 21.7. The molecule has 0 aliphatic heterocycles. The molecule has 0 atom stereocenters. The second-order valence-corrected chi connectivity index (χ2v) is 6.11. The molecule has 0 radical (unpaired) electrons. The van der Waals surface area contributed by atoms with Gasteiger partial charge in [-0.1, -0.05) is 23.7 Å². The van der Waals surface area contributed by atoms with Crippen molar-refractivity contribution < 1.29 is 23.9 Å². The summed E-state index contributed by atoms with van der Waals surface area (Å²) in [6.07, 6.45) is 1.14. The van der Waals surface area contributed by atoms with E-state index in [1.54, 1.807) is 30.3 Å². The van der Waals surface area contributed by atoms with Crippen molar-refractivity contribution in [2.45, 2.75) is 0 Å². The van der Waals surface area contributed by atoms with Crippen LogP contribution >= 0.6 is 11.6 Å². The maximum atomic E-state index is 11.8. The van der Waals surface area contributed by atoms with Gasteiger partial charge in [-0.25, -0.2) is 4.98 Å². The van der Waals surface area contributed by atoms with E-state index in [0.29, 0.717) is 22.9 Å². The molecule has 10 nitrogen and oxygen atoms in total. The molecule has 0 fully saturated rings. The van der Waals surface area contributed by atoms with E-state index >= 15 is 0 Å². The fourth-order valence-electron chi connectivity index (χ4n) is 2.59. The standard InChI is InChI=1S/C19H17ClN4O6/c1-27-13-6-4-5-7-14(13)30-19-17(24(25)26)18(21-10-22-19)23-12-8-11(20)15(28-2)9-16(12)29-3/h4-10H,1-3H3,(H,21,22,23). The van der Waals surface area contributed by atoms with E-state index < -0.39 is 10.6 Å². The fourth-order valence-corrected chi connectivity index (χ4v) is 2.83. The van der Waals surface area contributed by atoms with Crippen LogP contribution in [0.2, 0.25) is 5.02 Å². The number of anilines is 2. The number of methoxy groups -OCH3 is 3. The molecule has 11 heteroatoms. The Hall–Kier alpha value is -3.79. The van der Waals surface area contributed by atoms with Gasteiger partial charge >= 0.3 is 11.6 Å². The summed E-state index contributed by atoms with van der Waals surface area (Å²) in [6, 6.07) is 9.76. The lowest BCUT2D eigenvalue weighted by molar-refractivity contribution is -0.385. The minimum Gasteiger partial charge on any atom is -0.495 e. The Morgan fingerprint density at radius 2 is 1.63 bits per heavy atom. The maximum absolute atomic E-state index is 11.8. The highest BCUT2D eigenvalue weighted by molar-refractivity contribution is 6.32. The quantitative estimate of drug-likeness (QED) is 0.402. The molecule has 2 aromatic carbocycles. The maximum Gasteiger partial charge on any atom is 0.373 e. The third-order valence-corrected chi connectivity index (χ3v) is 4.27. The van der Waals surface area contributed by atoms with Crippen molar-refractivity contribution in [3.63, 3.8) is 0 Å². The minimum atomic E-state index is -0.648. The smallest absolute Gasteiger partial charge is 0.373 e. The highest BCUT2D eigenvalue weighted by Gasteiger charge is 2.27. The van der Waals surface area contributed by atoms with E-state index in [9.17, 15) is 10.1 Å². The van der Waals surface area contributed by atoms with Crippen molar-refractivity contribution in [1.82, 2.24) is 9.97 Å². The predicted molar refractivity (Wildman–Crippen MR) is 110 cm³/mol. The van der Waals surface area contributed by atoms with Gasteiger partial charge in [-0.15, -0.1) is 0 Å². The normalized spacial score (nSPS) is 10.3. The lowest BCUT2D eigenvalue weighted by atomic mass is 10.2. The number of ether oxygens (including phenoxy) is 4. The summed E-state index contributed by atoms with van der Waals surface area (Å²) in [5.41, 5.74) is -0.134. The van der Waals surface area contributed by atoms with E-state index in [4.69, 9.17) is 30.5 Å². The number of halogens is 1. The minimum absolute atomic E-state index is 0.112. The number of para-hydroxylation sites is 2. The number of nitrogens with zero attached hydrogens (tertiary/aromatic N) is 3. The summed E-state index contributed by atoms with van der Waals surface area (Å²) < 4.78 is 21.3. The first-order valence-electron chi connectivity index (χ1n) is 8.47. The van der Waals surface area contributed by atoms with Crippen LogP contribution < -0.4 is 24.3 Å². The second kappa shape index (κ2) is 9.14. The highest BCUT2D eigenvalue weighted by Crippen LogP contribution is 2.41. The van der Waals surface area contributed by atoms with Gasteiger partial charge in [0.05, 0.1) is 37.0 Å². The van der Waals surface area contributed by atoms with Gasteiger partial charge in [0.25, 0.3) is 0 Å². The second-order valence-electron chi connectivity index (χ2n) is 5.70. The number of aromatic nitrogens is 2. The number of hydrogen-bond donors (Lipinski definition) is 1. The highest BCUT2D eigenvalue weighted by atomic mass is 35.5. The van der Waals surface area contributed by atoms with Crippen LogP contribution in [-0.2, 0) is 0 Å². The number of nitrogens with one attached hydrogen (secondary N) is 1. The van der Waals surface area contributed by atoms with Crippen LogP contribution in [0.15, 0.2) is 42.7 Å². The molecule has 0 spiro atoms. The zero-order valence-electron chi connectivity index (χ0n) is 16.2. The van der Waals surface area contributed by atoms with E-state index in [1.807, 2.05) is 0 Å². The Morgan fingerprint density at radius 3 is 2.27 bits per heavy atom. The van der Waals surface area contributed by atoms with Crippen LogP contribution in [0.4, 0.5) is 17.2 Å². The van der Waals surface area contributed by atoms with Gasteiger partial charge < -0.3 is 24.3 Å². The lowest BCUT2D eigenvalue weighted by Gasteiger charge is -2.14. The van der Waals surface area contributed by atoms with Crippen molar-refractivity contribution in [2.75, 3.05) is 26.6 Å². The van der Waals surface area contributed by atoms with Crippen LogP contribution in [-0.4, -0.2) is 36.2 Å². The molecule has 3 rings (SSSR count). The molecule has 0 saturated carbocycles.